The van der Waals surface area contributed by atoms with Crippen LogP contribution in [0.1, 0.15) is 48.3 Å². The third-order valence-electron chi connectivity index (χ3n) is 7.41. The highest BCUT2D eigenvalue weighted by atomic mass is 16.5. The van der Waals surface area contributed by atoms with Crippen molar-refractivity contribution in [3.63, 3.8) is 0 Å². The minimum absolute atomic E-state index is 0.00249. The molecule has 0 radical (unpaired) electrons. The van der Waals surface area contributed by atoms with Gasteiger partial charge in [0, 0.05) is 44.1 Å². The molecular weight excluding hydrogens is 522 g/mol. The number of aliphatic hydroxyl groups is 1. The number of hydrogen-bond donors (Lipinski definition) is 3. The third kappa shape index (κ3) is 8.35. The van der Waals surface area contributed by atoms with Gasteiger partial charge in [-0.3, -0.25) is 19.2 Å². The van der Waals surface area contributed by atoms with E-state index in [0.29, 0.717) is 62.6 Å². The zero-order valence-corrected chi connectivity index (χ0v) is 24.1. The maximum absolute atomic E-state index is 13.1. The van der Waals surface area contributed by atoms with E-state index in [0.717, 1.165) is 11.3 Å². The van der Waals surface area contributed by atoms with Gasteiger partial charge in [-0.05, 0) is 50.2 Å². The summed E-state index contributed by atoms with van der Waals surface area (Å²) in [6, 6.07) is 14.4. The number of carbonyl (C=O) groups is 2. The summed E-state index contributed by atoms with van der Waals surface area (Å²) in [4.78, 5) is 29.7. The molecule has 220 valence electrons. The van der Waals surface area contributed by atoms with Crippen molar-refractivity contribution in [1.29, 1.82) is 0 Å². The molecule has 1 aromatic heterocycles. The van der Waals surface area contributed by atoms with Crippen LogP contribution in [0.5, 0.6) is 0 Å². The molecule has 0 unspecified atom stereocenters. The number of rotatable bonds is 8. The molecule has 1 aliphatic heterocycles. The Morgan fingerprint density at radius 2 is 2.00 bits per heavy atom. The van der Waals surface area contributed by atoms with Crippen molar-refractivity contribution in [3.05, 3.63) is 71.5 Å². The van der Waals surface area contributed by atoms with Crippen LogP contribution in [0, 0.1) is 5.92 Å². The molecule has 0 spiro atoms. The van der Waals surface area contributed by atoms with Gasteiger partial charge in [-0.15, -0.1) is 5.10 Å². The second kappa shape index (κ2) is 14.2. The summed E-state index contributed by atoms with van der Waals surface area (Å²) in [6.45, 7) is 6.51. The summed E-state index contributed by atoms with van der Waals surface area (Å²) in [5.41, 5.74) is 9.39. The number of para-hydroxylation sites is 2. The Morgan fingerprint density at radius 3 is 2.73 bits per heavy atom. The van der Waals surface area contributed by atoms with E-state index in [2.05, 4.69) is 27.5 Å². The molecule has 11 heteroatoms. The second-order valence-corrected chi connectivity index (χ2v) is 10.9. The maximum atomic E-state index is 13.1. The first kappa shape index (κ1) is 30.2. The highest BCUT2D eigenvalue weighted by Crippen LogP contribution is 2.20. The number of amides is 2. The Hall–Kier alpha value is -3.80. The molecule has 2 amide bonds. The number of anilines is 2. The fourth-order valence-electron chi connectivity index (χ4n) is 4.94. The van der Waals surface area contributed by atoms with E-state index in [9.17, 15) is 14.7 Å². The molecule has 41 heavy (non-hydrogen) atoms. The topological polar surface area (TPSA) is 139 Å². The molecule has 4 rings (SSSR count). The van der Waals surface area contributed by atoms with Crippen molar-refractivity contribution in [2.24, 2.45) is 5.92 Å². The number of nitrogens with two attached hydrogens (primary N) is 1. The van der Waals surface area contributed by atoms with Crippen molar-refractivity contribution >= 4 is 23.2 Å². The number of likely N-dealkylation sites (N-methyl/N-ethyl adjacent to an activating group) is 1. The summed E-state index contributed by atoms with van der Waals surface area (Å²) >= 11 is 0. The normalized spacial score (nSPS) is 19.2. The molecule has 3 atom stereocenters. The van der Waals surface area contributed by atoms with Crippen molar-refractivity contribution in [3.8, 4) is 0 Å². The Balaban J connectivity index is 1.42. The Labute approximate surface area is 241 Å². The van der Waals surface area contributed by atoms with Gasteiger partial charge >= 0.3 is 0 Å². The van der Waals surface area contributed by atoms with Crippen molar-refractivity contribution in [2.75, 3.05) is 37.8 Å². The van der Waals surface area contributed by atoms with Crippen LogP contribution in [0.15, 0.2) is 54.7 Å². The molecule has 0 saturated heterocycles. The molecular formula is C30H41N7O4. The number of aliphatic hydroxyl groups excluding tert-OH is 1. The minimum atomic E-state index is -0.278. The van der Waals surface area contributed by atoms with Gasteiger partial charge in [0.25, 0.3) is 5.91 Å². The molecule has 4 N–H and O–H groups in total. The smallest absolute Gasteiger partial charge is 0.255 e. The summed E-state index contributed by atoms with van der Waals surface area (Å²) in [7, 11) is 2.02. The van der Waals surface area contributed by atoms with Gasteiger partial charge in [0.1, 0.15) is 5.69 Å². The van der Waals surface area contributed by atoms with Gasteiger partial charge in [0.05, 0.1) is 42.9 Å². The quantitative estimate of drug-likeness (QED) is 0.356. The lowest BCUT2D eigenvalue weighted by molar-refractivity contribution is -0.136. The molecule has 0 fully saturated rings. The molecule has 1 aliphatic rings. The van der Waals surface area contributed by atoms with Gasteiger partial charge < -0.3 is 25.8 Å². The number of benzene rings is 2. The van der Waals surface area contributed by atoms with Gasteiger partial charge in [-0.2, -0.15) is 0 Å². The predicted molar refractivity (Wildman–Crippen MR) is 157 cm³/mol. The lowest BCUT2D eigenvalue weighted by Crippen LogP contribution is -2.47. The van der Waals surface area contributed by atoms with Crippen LogP contribution >= 0.6 is 0 Å². The van der Waals surface area contributed by atoms with Crippen LogP contribution in [0.2, 0.25) is 0 Å². The zero-order valence-electron chi connectivity index (χ0n) is 24.1. The number of fused-ring (bicyclic) bond motifs is 2. The summed E-state index contributed by atoms with van der Waals surface area (Å²) < 4.78 is 8.11. The van der Waals surface area contributed by atoms with Crippen LogP contribution in [0.4, 0.5) is 11.4 Å². The second-order valence-electron chi connectivity index (χ2n) is 10.9. The molecule has 3 aromatic rings. The number of nitrogens with zero attached hydrogens (tertiary/aromatic N) is 5. The van der Waals surface area contributed by atoms with E-state index in [1.807, 2.05) is 44.4 Å². The monoisotopic (exact) mass is 563 g/mol. The van der Waals surface area contributed by atoms with Crippen LogP contribution < -0.4 is 11.1 Å². The van der Waals surface area contributed by atoms with E-state index in [1.165, 1.54) is 0 Å². The lowest BCUT2D eigenvalue weighted by Gasteiger charge is -2.35. The number of nitrogens with one attached hydrogen (secondary N) is 1. The van der Waals surface area contributed by atoms with E-state index in [-0.39, 0.29) is 36.5 Å². The molecule has 2 bridgehead atoms. The van der Waals surface area contributed by atoms with E-state index in [4.69, 9.17) is 10.5 Å². The average Bonchev–Trinajstić information content (AvgIpc) is 3.42. The standard InChI is InChI=1S/C30H41N7O4/c1-21-15-37(22(2)19-38)29(39)9-6-14-36-17-25(33-34-36)20-41-28(21)18-35(3)16-23-10-12-24(13-11-23)30(40)32-27-8-5-4-7-26(27)31/h4-5,7-8,10-13,17,21-22,28,38H,6,9,14-16,18-20,31H2,1-3H3,(H,32,40)/t21-,22+,28+/m1/s1. The van der Waals surface area contributed by atoms with Crippen LogP contribution in [0.3, 0.4) is 0 Å². The van der Waals surface area contributed by atoms with E-state index < -0.39 is 0 Å². The van der Waals surface area contributed by atoms with Gasteiger partial charge in [-0.25, -0.2) is 0 Å². The summed E-state index contributed by atoms with van der Waals surface area (Å²) in [5, 5.41) is 21.1. The highest BCUT2D eigenvalue weighted by Gasteiger charge is 2.28. The first-order valence-corrected chi connectivity index (χ1v) is 14.1. The predicted octanol–water partition coefficient (Wildman–Crippen LogP) is 2.77. The summed E-state index contributed by atoms with van der Waals surface area (Å²) in [6.07, 6.45) is 2.70. The van der Waals surface area contributed by atoms with Crippen LogP contribution in [0.25, 0.3) is 0 Å². The van der Waals surface area contributed by atoms with Crippen molar-refractivity contribution in [2.45, 2.75) is 58.5 Å². The SMILES string of the molecule is C[C@@H]1CN([C@@H](C)CO)C(=O)CCCn2cc(nn2)CO[C@H]1CN(C)Cc1ccc(C(=O)Nc2ccccc2N)cc1. The number of nitrogen functional groups attached to an aromatic ring is 1. The number of aromatic nitrogens is 3. The number of carbonyl (C=O) groups excluding carboxylic acids is 2. The highest BCUT2D eigenvalue weighted by molar-refractivity contribution is 6.05. The molecule has 11 nitrogen and oxygen atoms in total. The first-order valence-electron chi connectivity index (χ1n) is 14.1. The van der Waals surface area contributed by atoms with Crippen molar-refractivity contribution in [1.82, 2.24) is 24.8 Å². The maximum Gasteiger partial charge on any atom is 0.255 e. The Kier molecular flexibility index (Phi) is 10.4. The molecule has 0 aliphatic carbocycles. The van der Waals surface area contributed by atoms with Gasteiger partial charge in [0.15, 0.2) is 0 Å². The largest absolute Gasteiger partial charge is 0.397 e. The van der Waals surface area contributed by atoms with Crippen molar-refractivity contribution < 1.29 is 19.4 Å². The molecule has 0 saturated carbocycles. The van der Waals surface area contributed by atoms with Gasteiger partial charge in [0.2, 0.25) is 5.91 Å². The number of aryl methyl sites for hydroxylation is 1. The van der Waals surface area contributed by atoms with E-state index in [1.54, 1.807) is 33.8 Å². The fourth-order valence-corrected chi connectivity index (χ4v) is 4.94. The van der Waals surface area contributed by atoms with E-state index >= 15 is 0 Å². The molecule has 2 heterocycles. The molecule has 2 aromatic carbocycles. The van der Waals surface area contributed by atoms with Gasteiger partial charge in [-0.1, -0.05) is 36.4 Å². The zero-order chi connectivity index (χ0) is 29.4. The Bertz CT molecular complexity index is 1300. The average molecular weight is 564 g/mol. The minimum Gasteiger partial charge on any atom is -0.397 e. The number of ether oxygens (including phenoxy) is 1. The first-order chi connectivity index (χ1) is 19.7. The lowest BCUT2D eigenvalue weighted by atomic mass is 10.0. The van der Waals surface area contributed by atoms with Crippen LogP contribution in [-0.2, 0) is 29.2 Å². The fraction of sp³-hybridized carbons (Fsp3) is 0.467. The number of hydrogen-bond acceptors (Lipinski definition) is 8. The van der Waals surface area contributed by atoms with Crippen LogP contribution in [-0.4, -0.2) is 80.6 Å². The summed E-state index contributed by atoms with van der Waals surface area (Å²) in [5.74, 6) is -0.200. The third-order valence-corrected chi connectivity index (χ3v) is 7.41. The Morgan fingerprint density at radius 1 is 1.24 bits per heavy atom.